The Kier molecular flexibility index (Phi) is 2.82. The summed E-state index contributed by atoms with van der Waals surface area (Å²) in [6.45, 7) is 0. The zero-order valence-electron chi connectivity index (χ0n) is 9.23. The van der Waals surface area contributed by atoms with E-state index in [2.05, 4.69) is 0 Å². The van der Waals surface area contributed by atoms with Gasteiger partial charge in [0.2, 0.25) is 5.91 Å². The van der Waals surface area contributed by atoms with Crippen molar-refractivity contribution in [1.82, 2.24) is 0 Å². The number of carbonyl (C=O) groups is 1. The van der Waals surface area contributed by atoms with E-state index >= 15 is 0 Å². The molecule has 2 N–H and O–H groups in total. The Balaban J connectivity index is 2.67. The number of carbonyl (C=O) groups excluding carboxylic acids is 1. The summed E-state index contributed by atoms with van der Waals surface area (Å²) in [4.78, 5) is 22.2. The van der Waals surface area contributed by atoms with Gasteiger partial charge in [-0.05, 0) is 17.7 Å². The number of rotatable bonds is 3. The molecule has 88 valence electrons. The molecule has 1 heterocycles. The molecule has 1 aromatic carbocycles. The molecule has 0 fully saturated rings. The monoisotopic (exact) mass is 233 g/mol. The van der Waals surface area contributed by atoms with Crippen molar-refractivity contribution in [2.45, 2.75) is 6.42 Å². The molecule has 0 atom stereocenters. The van der Waals surface area contributed by atoms with Crippen LogP contribution >= 0.6 is 0 Å². The van der Waals surface area contributed by atoms with Gasteiger partial charge in [0.05, 0.1) is 13.5 Å². The first-order valence-corrected chi connectivity index (χ1v) is 4.99. The predicted molar refractivity (Wildman–Crippen MR) is 61.9 cm³/mol. The maximum absolute atomic E-state index is 11.3. The van der Waals surface area contributed by atoms with Crippen LogP contribution in [0.15, 0.2) is 33.5 Å². The molecule has 2 rings (SSSR count). The number of amides is 1. The highest BCUT2D eigenvalue weighted by molar-refractivity contribution is 5.87. The van der Waals surface area contributed by atoms with E-state index in [0.29, 0.717) is 22.3 Å². The van der Waals surface area contributed by atoms with Crippen molar-refractivity contribution >= 4 is 16.9 Å². The number of hydrogen-bond donors (Lipinski definition) is 1. The molecule has 0 aliphatic carbocycles. The molecule has 2 aromatic rings. The smallest absolute Gasteiger partial charge is 0.336 e. The summed E-state index contributed by atoms with van der Waals surface area (Å²) in [7, 11) is 1.52. The van der Waals surface area contributed by atoms with E-state index in [1.54, 1.807) is 18.2 Å². The highest BCUT2D eigenvalue weighted by Crippen LogP contribution is 2.22. The Bertz CT molecular complexity index is 630. The summed E-state index contributed by atoms with van der Waals surface area (Å²) in [5.74, 6) is 0.0876. The van der Waals surface area contributed by atoms with Crippen LogP contribution in [0.4, 0.5) is 0 Å². The van der Waals surface area contributed by atoms with Gasteiger partial charge in [0.15, 0.2) is 0 Å². The van der Waals surface area contributed by atoms with Crippen molar-refractivity contribution in [3.05, 3.63) is 40.2 Å². The number of fused-ring (bicyclic) bond motifs is 1. The van der Waals surface area contributed by atoms with Gasteiger partial charge in [-0.2, -0.15) is 0 Å². The second-order valence-corrected chi connectivity index (χ2v) is 3.60. The first-order chi connectivity index (χ1) is 8.10. The van der Waals surface area contributed by atoms with E-state index in [0.717, 1.165) is 0 Å². The topological polar surface area (TPSA) is 82.5 Å². The van der Waals surface area contributed by atoms with Crippen molar-refractivity contribution in [2.75, 3.05) is 7.11 Å². The molecule has 5 nitrogen and oxygen atoms in total. The molecular weight excluding hydrogens is 222 g/mol. The van der Waals surface area contributed by atoms with Crippen molar-refractivity contribution in [3.8, 4) is 5.75 Å². The van der Waals surface area contributed by atoms with Crippen LogP contribution in [0.25, 0.3) is 11.0 Å². The molecular formula is C12H11NO4. The molecule has 1 amide bonds. The average molecular weight is 233 g/mol. The van der Waals surface area contributed by atoms with E-state index < -0.39 is 11.5 Å². The number of methoxy groups -OCH3 is 1. The van der Waals surface area contributed by atoms with Gasteiger partial charge in [-0.25, -0.2) is 4.79 Å². The lowest BCUT2D eigenvalue weighted by atomic mass is 10.1. The van der Waals surface area contributed by atoms with Crippen LogP contribution < -0.4 is 16.1 Å². The molecule has 5 heteroatoms. The highest BCUT2D eigenvalue weighted by Gasteiger charge is 2.08. The lowest BCUT2D eigenvalue weighted by molar-refractivity contribution is -0.117. The van der Waals surface area contributed by atoms with Crippen LogP contribution in [0.1, 0.15) is 5.56 Å². The Morgan fingerprint density at radius 2 is 2.18 bits per heavy atom. The maximum Gasteiger partial charge on any atom is 0.336 e. The van der Waals surface area contributed by atoms with Gasteiger partial charge in [0.1, 0.15) is 11.3 Å². The van der Waals surface area contributed by atoms with Gasteiger partial charge in [-0.15, -0.1) is 0 Å². The van der Waals surface area contributed by atoms with Crippen LogP contribution in [0, 0.1) is 0 Å². The minimum absolute atomic E-state index is 0.00836. The van der Waals surface area contributed by atoms with Gasteiger partial charge in [-0.3, -0.25) is 4.79 Å². The van der Waals surface area contributed by atoms with E-state index in [9.17, 15) is 9.59 Å². The standard InChI is InChI=1S/C12H11NO4/c1-16-8-2-3-9-7(4-11(13)14)5-12(15)17-10(9)6-8/h2-3,5-6H,4H2,1H3,(H2,13,14). The van der Waals surface area contributed by atoms with Gasteiger partial charge >= 0.3 is 5.63 Å². The number of nitrogens with two attached hydrogens (primary N) is 1. The molecule has 0 unspecified atom stereocenters. The SMILES string of the molecule is COc1ccc2c(CC(N)=O)cc(=O)oc2c1. The van der Waals surface area contributed by atoms with Gasteiger partial charge in [0, 0.05) is 17.5 Å². The van der Waals surface area contributed by atoms with Crippen LogP contribution in [0.2, 0.25) is 0 Å². The van der Waals surface area contributed by atoms with Crippen molar-refractivity contribution in [2.24, 2.45) is 5.73 Å². The summed E-state index contributed by atoms with van der Waals surface area (Å²) in [5.41, 5.74) is 5.56. The molecule has 17 heavy (non-hydrogen) atoms. The normalized spacial score (nSPS) is 10.4. The Morgan fingerprint density at radius 3 is 2.82 bits per heavy atom. The van der Waals surface area contributed by atoms with Gasteiger partial charge in [-0.1, -0.05) is 0 Å². The summed E-state index contributed by atoms with van der Waals surface area (Å²) in [6.07, 6.45) is 0.00836. The third-order valence-electron chi connectivity index (χ3n) is 2.40. The van der Waals surface area contributed by atoms with Crippen LogP contribution in [-0.2, 0) is 11.2 Å². The zero-order chi connectivity index (χ0) is 12.4. The number of ether oxygens (including phenoxy) is 1. The number of hydrogen-bond acceptors (Lipinski definition) is 4. The van der Waals surface area contributed by atoms with E-state index in [-0.39, 0.29) is 6.42 Å². The van der Waals surface area contributed by atoms with Gasteiger partial charge < -0.3 is 14.9 Å². The van der Waals surface area contributed by atoms with Crippen molar-refractivity contribution in [1.29, 1.82) is 0 Å². The molecule has 1 aromatic heterocycles. The summed E-state index contributed by atoms with van der Waals surface area (Å²) >= 11 is 0. The fraction of sp³-hybridized carbons (Fsp3) is 0.167. The van der Waals surface area contributed by atoms with Crippen LogP contribution in [-0.4, -0.2) is 13.0 Å². The average Bonchev–Trinajstić information content (AvgIpc) is 2.27. The molecule has 0 aliphatic heterocycles. The minimum Gasteiger partial charge on any atom is -0.497 e. The Labute approximate surface area is 96.8 Å². The Hall–Kier alpha value is -2.30. The molecule has 0 bridgehead atoms. The quantitative estimate of drug-likeness (QED) is 0.796. The molecule has 0 aliphatic rings. The summed E-state index contributed by atoms with van der Waals surface area (Å²) in [6, 6.07) is 6.34. The first-order valence-electron chi connectivity index (χ1n) is 4.99. The number of primary amides is 1. The van der Waals surface area contributed by atoms with Crippen molar-refractivity contribution < 1.29 is 13.9 Å². The predicted octanol–water partition coefficient (Wildman–Crippen LogP) is 0.829. The van der Waals surface area contributed by atoms with E-state index in [1.807, 2.05) is 0 Å². The summed E-state index contributed by atoms with van der Waals surface area (Å²) in [5, 5.41) is 0.684. The molecule has 0 saturated carbocycles. The van der Waals surface area contributed by atoms with E-state index in [1.165, 1.54) is 13.2 Å². The fourth-order valence-corrected chi connectivity index (χ4v) is 1.67. The fourth-order valence-electron chi connectivity index (χ4n) is 1.67. The first kappa shape index (κ1) is 11.2. The molecule has 0 saturated heterocycles. The van der Waals surface area contributed by atoms with Crippen molar-refractivity contribution in [3.63, 3.8) is 0 Å². The lowest BCUT2D eigenvalue weighted by Crippen LogP contribution is -2.15. The minimum atomic E-state index is -0.512. The second kappa shape index (κ2) is 4.29. The lowest BCUT2D eigenvalue weighted by Gasteiger charge is -2.05. The second-order valence-electron chi connectivity index (χ2n) is 3.60. The maximum atomic E-state index is 11.3. The largest absolute Gasteiger partial charge is 0.497 e. The third kappa shape index (κ3) is 2.28. The zero-order valence-corrected chi connectivity index (χ0v) is 9.23. The third-order valence-corrected chi connectivity index (χ3v) is 2.40. The Morgan fingerprint density at radius 1 is 1.41 bits per heavy atom. The summed E-state index contributed by atoms with van der Waals surface area (Å²) < 4.78 is 10.1. The highest BCUT2D eigenvalue weighted by atomic mass is 16.5. The molecule has 0 spiro atoms. The van der Waals surface area contributed by atoms with Crippen LogP contribution in [0.5, 0.6) is 5.75 Å². The molecule has 0 radical (unpaired) electrons. The van der Waals surface area contributed by atoms with Crippen LogP contribution in [0.3, 0.4) is 0 Å². The number of benzene rings is 1. The van der Waals surface area contributed by atoms with E-state index in [4.69, 9.17) is 14.9 Å². The van der Waals surface area contributed by atoms with Gasteiger partial charge in [0.25, 0.3) is 0 Å².